The minimum Gasteiger partial charge on any atom is -0.444 e. The normalized spacial score (nSPS) is 16.1. The first-order chi connectivity index (χ1) is 14.0. The van der Waals surface area contributed by atoms with E-state index in [1.54, 1.807) is 23.0 Å². The molecule has 0 bridgehead atoms. The molecule has 4 rings (SSSR count). The fraction of sp³-hybridized carbons (Fsp3) is 0.278. The van der Waals surface area contributed by atoms with Crippen molar-refractivity contribution in [2.24, 2.45) is 5.73 Å². The van der Waals surface area contributed by atoms with Gasteiger partial charge in [0.2, 0.25) is 5.89 Å². The molecule has 1 fully saturated rings. The lowest BCUT2D eigenvalue weighted by Crippen LogP contribution is -2.18. The van der Waals surface area contributed by atoms with Crippen LogP contribution < -0.4 is 16.8 Å². The monoisotopic (exact) mass is 397 g/mol. The fourth-order valence-electron chi connectivity index (χ4n) is 3.06. The molecule has 0 unspecified atom stereocenters. The minimum atomic E-state index is -0.750. The maximum absolute atomic E-state index is 12.6. The highest BCUT2D eigenvalue weighted by Crippen LogP contribution is 2.21. The number of hydrogen-bond acceptors (Lipinski definition) is 8. The van der Waals surface area contributed by atoms with E-state index in [1.165, 1.54) is 12.5 Å². The van der Waals surface area contributed by atoms with Crippen LogP contribution in [0.3, 0.4) is 0 Å². The highest BCUT2D eigenvalue weighted by atomic mass is 16.5. The van der Waals surface area contributed by atoms with Gasteiger partial charge in [-0.15, -0.1) is 0 Å². The summed E-state index contributed by atoms with van der Waals surface area (Å²) in [6.45, 7) is 1.17. The molecule has 1 atom stereocenters. The van der Waals surface area contributed by atoms with Crippen LogP contribution in [0.25, 0.3) is 11.5 Å². The van der Waals surface area contributed by atoms with Gasteiger partial charge in [-0.1, -0.05) is 0 Å². The smallest absolute Gasteiger partial charge is 0.277 e. The number of aromatic nitrogens is 4. The number of anilines is 2. The molecule has 1 aliphatic heterocycles. The Hall–Kier alpha value is -3.73. The van der Waals surface area contributed by atoms with Gasteiger partial charge in [-0.3, -0.25) is 14.3 Å². The second-order valence-electron chi connectivity index (χ2n) is 6.57. The van der Waals surface area contributed by atoms with E-state index >= 15 is 0 Å². The van der Waals surface area contributed by atoms with E-state index < -0.39 is 11.8 Å². The summed E-state index contributed by atoms with van der Waals surface area (Å²) < 4.78 is 12.5. The third-order valence-electron chi connectivity index (χ3n) is 4.42. The van der Waals surface area contributed by atoms with E-state index in [1.807, 2.05) is 0 Å². The summed E-state index contributed by atoms with van der Waals surface area (Å²) in [4.78, 5) is 32.3. The van der Waals surface area contributed by atoms with Crippen molar-refractivity contribution < 1.29 is 18.7 Å². The molecule has 4 heterocycles. The first kappa shape index (κ1) is 18.6. The Morgan fingerprint density at radius 2 is 2.24 bits per heavy atom. The van der Waals surface area contributed by atoms with Crippen LogP contribution in [0.5, 0.6) is 0 Å². The molecular formula is C18H19N7O4. The Morgan fingerprint density at radius 3 is 2.97 bits per heavy atom. The number of nitrogens with one attached hydrogen (secondary N) is 1. The summed E-state index contributed by atoms with van der Waals surface area (Å²) in [6.07, 6.45) is 6.18. The third kappa shape index (κ3) is 4.09. The van der Waals surface area contributed by atoms with Crippen LogP contribution in [0, 0.1) is 0 Å². The van der Waals surface area contributed by atoms with Crippen LogP contribution in [-0.2, 0) is 11.3 Å². The third-order valence-corrected chi connectivity index (χ3v) is 4.42. The molecule has 29 heavy (non-hydrogen) atoms. The van der Waals surface area contributed by atoms with Gasteiger partial charge in [-0.05, 0) is 25.0 Å². The molecule has 0 radical (unpaired) electrons. The number of nitrogens with zero attached hydrogens (tertiary/aromatic N) is 4. The second kappa shape index (κ2) is 7.72. The predicted octanol–water partition coefficient (Wildman–Crippen LogP) is 1.05. The number of hydrogen-bond donors (Lipinski definition) is 3. The van der Waals surface area contributed by atoms with E-state index in [2.05, 4.69) is 20.4 Å². The van der Waals surface area contributed by atoms with Gasteiger partial charge in [0, 0.05) is 24.6 Å². The minimum absolute atomic E-state index is 0.0186. The topological polar surface area (TPSA) is 164 Å². The van der Waals surface area contributed by atoms with Crippen molar-refractivity contribution in [3.63, 3.8) is 0 Å². The molecule has 3 aromatic rings. The second-order valence-corrected chi connectivity index (χ2v) is 6.57. The zero-order chi connectivity index (χ0) is 20.4. The highest BCUT2D eigenvalue weighted by molar-refractivity contribution is 6.07. The van der Waals surface area contributed by atoms with Crippen LogP contribution in [0.1, 0.15) is 33.8 Å². The van der Waals surface area contributed by atoms with Gasteiger partial charge in [-0.2, -0.15) is 5.10 Å². The van der Waals surface area contributed by atoms with Crippen LogP contribution in [-0.4, -0.2) is 44.3 Å². The number of carbonyl (C=O) groups excluding carboxylic acids is 2. The molecule has 11 heteroatoms. The largest absolute Gasteiger partial charge is 0.444 e. The SMILES string of the molecule is NC(=O)c1nn(C[C@H]2CCCO2)cc1NC(=O)c1coc(-c2ccnc(N)c2)n1. The summed E-state index contributed by atoms with van der Waals surface area (Å²) in [5, 5.41) is 6.77. The number of pyridine rings is 1. The van der Waals surface area contributed by atoms with Gasteiger partial charge in [0.1, 0.15) is 12.1 Å². The van der Waals surface area contributed by atoms with Gasteiger partial charge in [0.05, 0.1) is 18.3 Å². The average Bonchev–Trinajstić information content (AvgIpc) is 3.42. The molecule has 0 saturated carbocycles. The number of amides is 2. The molecule has 150 valence electrons. The Kier molecular flexibility index (Phi) is 4.96. The molecule has 0 aromatic carbocycles. The van der Waals surface area contributed by atoms with E-state index in [9.17, 15) is 9.59 Å². The molecular weight excluding hydrogens is 378 g/mol. The molecule has 1 saturated heterocycles. The van der Waals surface area contributed by atoms with E-state index in [0.29, 0.717) is 24.5 Å². The number of ether oxygens (including phenoxy) is 1. The van der Waals surface area contributed by atoms with E-state index in [4.69, 9.17) is 20.6 Å². The summed E-state index contributed by atoms with van der Waals surface area (Å²) in [5.74, 6) is -0.800. The molecule has 2 amide bonds. The Balaban J connectivity index is 1.52. The summed E-state index contributed by atoms with van der Waals surface area (Å²) >= 11 is 0. The molecule has 1 aliphatic rings. The maximum atomic E-state index is 12.6. The van der Waals surface area contributed by atoms with Crippen molar-refractivity contribution in [1.29, 1.82) is 0 Å². The van der Waals surface area contributed by atoms with Crippen molar-refractivity contribution >= 4 is 23.3 Å². The van der Waals surface area contributed by atoms with Gasteiger partial charge in [-0.25, -0.2) is 9.97 Å². The Bertz CT molecular complexity index is 1050. The van der Waals surface area contributed by atoms with Gasteiger partial charge < -0.3 is 25.9 Å². The van der Waals surface area contributed by atoms with Gasteiger partial charge in [0.15, 0.2) is 11.4 Å². The van der Waals surface area contributed by atoms with Crippen molar-refractivity contribution in [1.82, 2.24) is 19.7 Å². The van der Waals surface area contributed by atoms with Crippen molar-refractivity contribution in [3.8, 4) is 11.5 Å². The zero-order valence-electron chi connectivity index (χ0n) is 15.4. The standard InChI is InChI=1S/C18H19N7O4/c19-14-6-10(3-4-21-14)18-23-13(9-29-18)17(27)22-12-8-25(24-15(12)16(20)26)7-11-2-1-5-28-11/h3-4,6,8-9,11H,1-2,5,7H2,(H2,19,21)(H2,20,26)(H,22,27)/t11-/m1/s1. The lowest BCUT2D eigenvalue weighted by atomic mass is 10.2. The number of nitrogens with two attached hydrogens (primary N) is 2. The van der Waals surface area contributed by atoms with Crippen molar-refractivity contribution in [2.45, 2.75) is 25.5 Å². The summed E-state index contributed by atoms with van der Waals surface area (Å²) in [6, 6.07) is 3.23. The van der Waals surface area contributed by atoms with Crippen molar-refractivity contribution in [2.75, 3.05) is 17.7 Å². The number of carbonyl (C=O) groups is 2. The number of nitrogen functional groups attached to an aromatic ring is 1. The number of primary amides is 1. The van der Waals surface area contributed by atoms with Crippen LogP contribution >= 0.6 is 0 Å². The van der Waals surface area contributed by atoms with Crippen LogP contribution in [0.4, 0.5) is 11.5 Å². The summed E-state index contributed by atoms with van der Waals surface area (Å²) in [7, 11) is 0. The first-order valence-electron chi connectivity index (χ1n) is 8.97. The number of oxazole rings is 1. The maximum Gasteiger partial charge on any atom is 0.277 e. The zero-order valence-corrected chi connectivity index (χ0v) is 15.4. The Morgan fingerprint density at radius 1 is 1.38 bits per heavy atom. The Labute approximate surface area is 165 Å². The van der Waals surface area contributed by atoms with Gasteiger partial charge in [0.25, 0.3) is 11.8 Å². The number of rotatable bonds is 6. The molecule has 11 nitrogen and oxygen atoms in total. The van der Waals surface area contributed by atoms with E-state index in [-0.39, 0.29) is 29.1 Å². The van der Waals surface area contributed by atoms with E-state index in [0.717, 1.165) is 12.8 Å². The predicted molar refractivity (Wildman–Crippen MR) is 102 cm³/mol. The average molecular weight is 397 g/mol. The molecule has 0 aliphatic carbocycles. The lowest BCUT2D eigenvalue weighted by Gasteiger charge is -2.08. The fourth-order valence-corrected chi connectivity index (χ4v) is 3.06. The van der Waals surface area contributed by atoms with Gasteiger partial charge >= 0.3 is 0 Å². The highest BCUT2D eigenvalue weighted by Gasteiger charge is 2.22. The summed E-state index contributed by atoms with van der Waals surface area (Å²) in [5.41, 5.74) is 11.8. The quantitative estimate of drug-likeness (QED) is 0.555. The van der Waals surface area contributed by atoms with Crippen molar-refractivity contribution in [3.05, 3.63) is 42.2 Å². The first-order valence-corrected chi connectivity index (χ1v) is 8.97. The molecule has 0 spiro atoms. The molecule has 5 N–H and O–H groups in total. The molecule has 3 aromatic heterocycles. The van der Waals surface area contributed by atoms with Crippen LogP contribution in [0.2, 0.25) is 0 Å². The van der Waals surface area contributed by atoms with Crippen LogP contribution in [0.15, 0.2) is 35.2 Å². The lowest BCUT2D eigenvalue weighted by molar-refractivity contribution is 0.0927.